The highest BCUT2D eigenvalue weighted by atomic mass is 35.5. The van der Waals surface area contributed by atoms with Gasteiger partial charge >= 0.3 is 0 Å². The number of carbonyl (C=O) groups is 1. The maximum Gasteiger partial charge on any atom is 0.254 e. The number of benzene rings is 3. The summed E-state index contributed by atoms with van der Waals surface area (Å²) < 4.78 is 13.7. The molecule has 0 aromatic heterocycles. The summed E-state index contributed by atoms with van der Waals surface area (Å²) in [7, 11) is 0. The van der Waals surface area contributed by atoms with E-state index < -0.39 is 0 Å². The van der Waals surface area contributed by atoms with Crippen molar-refractivity contribution >= 4 is 17.5 Å². The third-order valence-electron chi connectivity index (χ3n) is 5.70. The molecule has 1 fully saturated rings. The molecule has 5 heteroatoms. The van der Waals surface area contributed by atoms with Crippen LogP contribution in [0.3, 0.4) is 0 Å². The van der Waals surface area contributed by atoms with Gasteiger partial charge in [-0.05, 0) is 47.9 Å². The molecule has 1 amide bonds. The monoisotopic (exact) mass is 422 g/mol. The number of rotatable bonds is 4. The second kappa shape index (κ2) is 8.99. The Morgan fingerprint density at radius 2 is 1.53 bits per heavy atom. The van der Waals surface area contributed by atoms with E-state index in [1.165, 1.54) is 23.3 Å². The molecule has 0 spiro atoms. The van der Waals surface area contributed by atoms with Gasteiger partial charge in [0.1, 0.15) is 5.82 Å². The van der Waals surface area contributed by atoms with E-state index in [4.69, 9.17) is 11.6 Å². The molecule has 1 heterocycles. The van der Waals surface area contributed by atoms with Crippen LogP contribution in [0.1, 0.15) is 33.1 Å². The highest BCUT2D eigenvalue weighted by Gasteiger charge is 2.29. The second-order valence-corrected chi connectivity index (χ2v) is 8.09. The van der Waals surface area contributed by atoms with Crippen LogP contribution in [0.4, 0.5) is 4.39 Å². The summed E-state index contributed by atoms with van der Waals surface area (Å²) in [6.45, 7) is 4.52. The maximum absolute atomic E-state index is 13.7. The maximum atomic E-state index is 13.7. The van der Waals surface area contributed by atoms with Gasteiger partial charge in [0, 0.05) is 36.8 Å². The van der Waals surface area contributed by atoms with Crippen LogP contribution in [0.25, 0.3) is 0 Å². The van der Waals surface area contributed by atoms with Crippen molar-refractivity contribution in [3.63, 3.8) is 0 Å². The van der Waals surface area contributed by atoms with Crippen molar-refractivity contribution < 1.29 is 9.18 Å². The molecule has 3 nitrogen and oxygen atoms in total. The lowest BCUT2D eigenvalue weighted by molar-refractivity contribution is 0.0596. The van der Waals surface area contributed by atoms with Crippen molar-refractivity contribution in [2.24, 2.45) is 0 Å². The highest BCUT2D eigenvalue weighted by molar-refractivity contribution is 6.30. The number of piperazine rings is 1. The van der Waals surface area contributed by atoms with Crippen LogP contribution in [0.15, 0.2) is 72.8 Å². The fourth-order valence-electron chi connectivity index (χ4n) is 4.07. The molecule has 4 rings (SSSR count). The first-order chi connectivity index (χ1) is 14.5. The van der Waals surface area contributed by atoms with Gasteiger partial charge in [0.25, 0.3) is 5.91 Å². The minimum absolute atomic E-state index is 0.0941. The lowest BCUT2D eigenvalue weighted by Crippen LogP contribution is -2.50. The number of nitrogens with zero attached hydrogens (tertiary/aromatic N) is 2. The van der Waals surface area contributed by atoms with Crippen molar-refractivity contribution in [3.8, 4) is 0 Å². The Morgan fingerprint density at radius 3 is 2.20 bits per heavy atom. The summed E-state index contributed by atoms with van der Waals surface area (Å²) in [5.41, 5.74) is 3.62. The Hall–Kier alpha value is -2.69. The molecule has 0 bridgehead atoms. The van der Waals surface area contributed by atoms with E-state index in [0.29, 0.717) is 23.7 Å². The van der Waals surface area contributed by atoms with Crippen LogP contribution in [0.5, 0.6) is 0 Å². The average Bonchev–Trinajstić information content (AvgIpc) is 2.78. The molecular formula is C25H24ClFN2O. The zero-order chi connectivity index (χ0) is 21.1. The number of hydrogen-bond acceptors (Lipinski definition) is 2. The molecule has 30 heavy (non-hydrogen) atoms. The second-order valence-electron chi connectivity index (χ2n) is 7.65. The fourth-order valence-corrected chi connectivity index (χ4v) is 4.20. The molecule has 0 saturated carbocycles. The Labute approximate surface area is 181 Å². The SMILES string of the molecule is Cc1ccc(F)cc1C(=O)N1CCN([C@@H](c2ccccc2)c2ccc(Cl)cc2)CC1. The number of hydrogen-bond donors (Lipinski definition) is 0. The van der Waals surface area contributed by atoms with Gasteiger partial charge in [-0.1, -0.05) is 60.1 Å². The van der Waals surface area contributed by atoms with Crippen LogP contribution in [0, 0.1) is 12.7 Å². The van der Waals surface area contributed by atoms with E-state index in [2.05, 4.69) is 29.2 Å². The number of carbonyl (C=O) groups excluding carboxylic acids is 1. The molecule has 1 atom stereocenters. The van der Waals surface area contributed by atoms with Gasteiger partial charge in [-0.25, -0.2) is 4.39 Å². The lowest BCUT2D eigenvalue weighted by Gasteiger charge is -2.40. The van der Waals surface area contributed by atoms with Crippen molar-refractivity contribution in [1.29, 1.82) is 0 Å². The molecular weight excluding hydrogens is 399 g/mol. The third kappa shape index (κ3) is 4.40. The largest absolute Gasteiger partial charge is 0.336 e. The summed E-state index contributed by atoms with van der Waals surface area (Å²) in [5, 5.41) is 0.714. The molecule has 0 radical (unpaired) electrons. The predicted octanol–water partition coefficient (Wildman–Crippen LogP) is 5.33. The van der Waals surface area contributed by atoms with E-state index >= 15 is 0 Å². The lowest BCUT2D eigenvalue weighted by atomic mass is 9.96. The predicted molar refractivity (Wildman–Crippen MR) is 118 cm³/mol. The van der Waals surface area contributed by atoms with Crippen molar-refractivity contribution in [3.05, 3.63) is 106 Å². The first kappa shape index (κ1) is 20.6. The van der Waals surface area contributed by atoms with E-state index in [1.807, 2.05) is 42.2 Å². The van der Waals surface area contributed by atoms with Gasteiger partial charge in [-0.3, -0.25) is 9.69 Å². The van der Waals surface area contributed by atoms with Gasteiger partial charge in [-0.2, -0.15) is 0 Å². The van der Waals surface area contributed by atoms with Crippen LogP contribution >= 0.6 is 11.6 Å². The molecule has 0 N–H and O–H groups in total. The van der Waals surface area contributed by atoms with Crippen LogP contribution in [-0.4, -0.2) is 41.9 Å². The first-order valence-corrected chi connectivity index (χ1v) is 10.5. The van der Waals surface area contributed by atoms with Crippen molar-refractivity contribution in [2.45, 2.75) is 13.0 Å². The minimum atomic E-state index is -0.380. The van der Waals surface area contributed by atoms with Gasteiger partial charge in [0.15, 0.2) is 0 Å². The zero-order valence-electron chi connectivity index (χ0n) is 16.9. The average molecular weight is 423 g/mol. The molecule has 154 valence electrons. The van der Waals surface area contributed by atoms with Crippen LogP contribution in [0.2, 0.25) is 5.02 Å². The van der Waals surface area contributed by atoms with Gasteiger partial charge in [0.05, 0.1) is 6.04 Å². The molecule has 0 aliphatic carbocycles. The van der Waals surface area contributed by atoms with E-state index in [-0.39, 0.29) is 17.8 Å². The molecule has 1 saturated heterocycles. The quantitative estimate of drug-likeness (QED) is 0.567. The van der Waals surface area contributed by atoms with Gasteiger partial charge in [0.2, 0.25) is 0 Å². The Bertz CT molecular complexity index is 1020. The summed E-state index contributed by atoms with van der Waals surface area (Å²) in [6, 6.07) is 22.8. The van der Waals surface area contributed by atoms with Gasteiger partial charge in [-0.15, -0.1) is 0 Å². The smallest absolute Gasteiger partial charge is 0.254 e. The third-order valence-corrected chi connectivity index (χ3v) is 5.95. The highest BCUT2D eigenvalue weighted by Crippen LogP contribution is 2.30. The summed E-state index contributed by atoms with van der Waals surface area (Å²) in [4.78, 5) is 17.2. The number of halogens is 2. The molecule has 1 aliphatic heterocycles. The summed E-state index contributed by atoms with van der Waals surface area (Å²) in [5.74, 6) is -0.483. The van der Waals surface area contributed by atoms with Crippen LogP contribution < -0.4 is 0 Å². The minimum Gasteiger partial charge on any atom is -0.336 e. The molecule has 3 aromatic rings. The fraction of sp³-hybridized carbons (Fsp3) is 0.240. The topological polar surface area (TPSA) is 23.6 Å². The standard InChI is InChI=1S/C25H24ClFN2O/c1-18-7-12-22(27)17-23(18)25(30)29-15-13-28(14-16-29)24(19-5-3-2-4-6-19)20-8-10-21(26)11-9-20/h2-12,17,24H,13-16H2,1H3/t24-/m0/s1. The van der Waals surface area contributed by atoms with Crippen LogP contribution in [-0.2, 0) is 0 Å². The first-order valence-electron chi connectivity index (χ1n) is 10.1. The number of amides is 1. The van der Waals surface area contributed by atoms with E-state index in [1.54, 1.807) is 6.07 Å². The molecule has 3 aromatic carbocycles. The summed E-state index contributed by atoms with van der Waals surface area (Å²) in [6.07, 6.45) is 0. The zero-order valence-corrected chi connectivity index (χ0v) is 17.6. The summed E-state index contributed by atoms with van der Waals surface area (Å²) >= 11 is 6.10. The molecule has 1 aliphatic rings. The van der Waals surface area contributed by atoms with Gasteiger partial charge < -0.3 is 4.90 Å². The Kier molecular flexibility index (Phi) is 6.16. The Morgan fingerprint density at radius 1 is 0.900 bits per heavy atom. The normalized spacial score (nSPS) is 15.8. The van der Waals surface area contributed by atoms with E-state index in [9.17, 15) is 9.18 Å². The van der Waals surface area contributed by atoms with E-state index in [0.717, 1.165) is 18.7 Å². The Balaban J connectivity index is 1.53. The van der Waals surface area contributed by atoms with Crippen molar-refractivity contribution in [1.82, 2.24) is 9.80 Å². The molecule has 0 unspecified atom stereocenters. The van der Waals surface area contributed by atoms with Crippen molar-refractivity contribution in [2.75, 3.05) is 26.2 Å². The number of aryl methyl sites for hydroxylation is 1.